The van der Waals surface area contributed by atoms with Crippen molar-refractivity contribution >= 4 is 23.0 Å². The predicted octanol–water partition coefficient (Wildman–Crippen LogP) is 2.70. The molecule has 3 rings (SSSR count). The van der Waals surface area contributed by atoms with Crippen molar-refractivity contribution in [3.8, 4) is 5.75 Å². The van der Waals surface area contributed by atoms with E-state index in [-0.39, 0.29) is 11.4 Å². The van der Waals surface area contributed by atoms with Crippen LogP contribution in [0.4, 0.5) is 0 Å². The van der Waals surface area contributed by atoms with Gasteiger partial charge in [0.1, 0.15) is 11.4 Å². The van der Waals surface area contributed by atoms with Crippen molar-refractivity contribution < 1.29 is 9.90 Å². The molecule has 0 aliphatic carbocycles. The second-order valence-corrected chi connectivity index (χ2v) is 4.65. The molecule has 0 unspecified atom stereocenters. The largest absolute Gasteiger partial charge is 0.507 e. The number of benzene rings is 2. The van der Waals surface area contributed by atoms with Gasteiger partial charge in [-0.3, -0.25) is 4.79 Å². The molecule has 0 radical (unpaired) electrons. The molecule has 2 N–H and O–H groups in total. The average Bonchev–Trinajstić information content (AvgIpc) is 2.56. The van der Waals surface area contributed by atoms with E-state index in [1.54, 1.807) is 30.3 Å². The minimum Gasteiger partial charge on any atom is -0.507 e. The Morgan fingerprint density at radius 2 is 1.82 bits per heavy atom. The molecule has 1 aromatic heterocycles. The van der Waals surface area contributed by atoms with Crippen LogP contribution in [-0.4, -0.2) is 22.2 Å². The third kappa shape index (κ3) is 2.93. The van der Waals surface area contributed by atoms with Crippen molar-refractivity contribution in [3.63, 3.8) is 0 Å². The number of amides is 1. The quantitative estimate of drug-likeness (QED) is 0.575. The molecule has 5 nitrogen and oxygen atoms in total. The van der Waals surface area contributed by atoms with Gasteiger partial charge in [0.2, 0.25) is 0 Å². The molecular weight excluding hydrogens is 278 g/mol. The van der Waals surface area contributed by atoms with Crippen LogP contribution in [0.2, 0.25) is 0 Å². The Kier molecular flexibility index (Phi) is 3.78. The number of hydrogen-bond donors (Lipinski definition) is 2. The molecule has 0 fully saturated rings. The van der Waals surface area contributed by atoms with Crippen LogP contribution in [0.3, 0.4) is 0 Å². The van der Waals surface area contributed by atoms with Crippen molar-refractivity contribution in [2.45, 2.75) is 0 Å². The highest BCUT2D eigenvalue weighted by Crippen LogP contribution is 2.13. The summed E-state index contributed by atoms with van der Waals surface area (Å²) in [5.74, 6) is -0.304. The fraction of sp³-hybridized carbons (Fsp3) is 0. The van der Waals surface area contributed by atoms with E-state index in [4.69, 9.17) is 0 Å². The lowest BCUT2D eigenvalue weighted by Gasteiger charge is -2.02. The van der Waals surface area contributed by atoms with E-state index in [9.17, 15) is 9.90 Å². The maximum atomic E-state index is 12.0. The van der Waals surface area contributed by atoms with Gasteiger partial charge in [-0.2, -0.15) is 5.10 Å². The van der Waals surface area contributed by atoms with Crippen molar-refractivity contribution in [3.05, 3.63) is 71.9 Å². The first-order chi connectivity index (χ1) is 10.7. The van der Waals surface area contributed by atoms with Crippen molar-refractivity contribution in [1.29, 1.82) is 0 Å². The van der Waals surface area contributed by atoms with Crippen LogP contribution in [0.25, 0.3) is 10.9 Å². The van der Waals surface area contributed by atoms with Crippen LogP contribution >= 0.6 is 0 Å². The van der Waals surface area contributed by atoms with Gasteiger partial charge >= 0.3 is 0 Å². The van der Waals surface area contributed by atoms with Gasteiger partial charge in [0.05, 0.1) is 11.7 Å². The second-order valence-electron chi connectivity index (χ2n) is 4.65. The Labute approximate surface area is 126 Å². The average molecular weight is 291 g/mol. The van der Waals surface area contributed by atoms with E-state index in [1.807, 2.05) is 30.3 Å². The molecule has 0 atom stereocenters. The van der Waals surface area contributed by atoms with Gasteiger partial charge in [-0.15, -0.1) is 0 Å². The van der Waals surface area contributed by atoms with Crippen LogP contribution in [0.5, 0.6) is 5.75 Å². The molecule has 0 spiro atoms. The molecule has 0 bridgehead atoms. The number of fused-ring (bicyclic) bond motifs is 1. The number of hydrogen-bond acceptors (Lipinski definition) is 4. The van der Waals surface area contributed by atoms with Crippen LogP contribution < -0.4 is 5.43 Å². The maximum absolute atomic E-state index is 12.0. The van der Waals surface area contributed by atoms with Gasteiger partial charge in [-0.1, -0.05) is 36.4 Å². The molecule has 0 aliphatic rings. The minimum absolute atomic E-state index is 0.101. The molecule has 3 aromatic rings. The van der Waals surface area contributed by atoms with Crippen molar-refractivity contribution in [2.24, 2.45) is 5.10 Å². The monoisotopic (exact) mass is 291 g/mol. The van der Waals surface area contributed by atoms with E-state index in [1.165, 1.54) is 6.21 Å². The number of nitrogens with one attached hydrogen (secondary N) is 1. The summed E-state index contributed by atoms with van der Waals surface area (Å²) in [6.45, 7) is 0. The fourth-order valence-electron chi connectivity index (χ4n) is 2.01. The molecule has 22 heavy (non-hydrogen) atoms. The second kappa shape index (κ2) is 6.05. The summed E-state index contributed by atoms with van der Waals surface area (Å²) in [6.07, 6.45) is 1.38. The Morgan fingerprint density at radius 3 is 2.68 bits per heavy atom. The molecule has 5 heteroatoms. The Hall–Kier alpha value is -3.21. The number of pyridine rings is 1. The molecular formula is C17H13N3O2. The normalized spacial score (nSPS) is 10.9. The SMILES string of the molecule is O=C(NN=Cc1ccccc1O)c1ccc2ccccc2n1. The van der Waals surface area contributed by atoms with Crippen LogP contribution in [0.1, 0.15) is 16.1 Å². The number of aromatic nitrogens is 1. The lowest BCUT2D eigenvalue weighted by atomic mass is 10.2. The lowest BCUT2D eigenvalue weighted by molar-refractivity contribution is 0.0950. The third-order valence-electron chi connectivity index (χ3n) is 3.14. The number of phenolic OH excluding ortho intramolecular Hbond substituents is 1. The highest BCUT2D eigenvalue weighted by atomic mass is 16.3. The number of carbonyl (C=O) groups is 1. The van der Waals surface area contributed by atoms with E-state index in [0.29, 0.717) is 5.56 Å². The molecule has 108 valence electrons. The number of hydrazone groups is 1. The standard InChI is InChI=1S/C17H13N3O2/c21-16-8-4-2-6-13(16)11-18-20-17(22)15-10-9-12-5-1-3-7-14(12)19-15/h1-11,21H,(H,20,22). The summed E-state index contributed by atoms with van der Waals surface area (Å²) >= 11 is 0. The highest BCUT2D eigenvalue weighted by Gasteiger charge is 2.06. The van der Waals surface area contributed by atoms with E-state index in [2.05, 4.69) is 15.5 Å². The van der Waals surface area contributed by atoms with E-state index >= 15 is 0 Å². The maximum Gasteiger partial charge on any atom is 0.289 e. The first-order valence-electron chi connectivity index (χ1n) is 6.71. The topological polar surface area (TPSA) is 74.6 Å². The lowest BCUT2D eigenvalue weighted by Crippen LogP contribution is -2.18. The van der Waals surface area contributed by atoms with Gasteiger partial charge in [0.15, 0.2) is 0 Å². The van der Waals surface area contributed by atoms with Crippen LogP contribution in [0.15, 0.2) is 65.8 Å². The third-order valence-corrected chi connectivity index (χ3v) is 3.14. The molecule has 1 heterocycles. The van der Waals surface area contributed by atoms with Gasteiger partial charge < -0.3 is 5.11 Å². The first kappa shape index (κ1) is 13.8. The first-order valence-corrected chi connectivity index (χ1v) is 6.71. The van der Waals surface area contributed by atoms with Gasteiger partial charge in [-0.25, -0.2) is 10.4 Å². The van der Waals surface area contributed by atoms with Crippen molar-refractivity contribution in [1.82, 2.24) is 10.4 Å². The summed E-state index contributed by atoms with van der Waals surface area (Å²) in [5.41, 5.74) is 3.95. The summed E-state index contributed by atoms with van der Waals surface area (Å²) in [4.78, 5) is 16.3. The number of para-hydroxylation sites is 2. The predicted molar refractivity (Wildman–Crippen MR) is 84.9 cm³/mol. The number of phenols is 1. The van der Waals surface area contributed by atoms with E-state index in [0.717, 1.165) is 10.9 Å². The highest BCUT2D eigenvalue weighted by molar-refractivity contribution is 5.95. The smallest absolute Gasteiger partial charge is 0.289 e. The molecule has 0 saturated heterocycles. The summed E-state index contributed by atoms with van der Waals surface area (Å²) in [6, 6.07) is 17.8. The summed E-state index contributed by atoms with van der Waals surface area (Å²) in [7, 11) is 0. The van der Waals surface area contributed by atoms with Gasteiger partial charge in [0, 0.05) is 10.9 Å². The number of nitrogens with zero attached hydrogens (tertiary/aromatic N) is 2. The fourth-order valence-corrected chi connectivity index (χ4v) is 2.01. The Bertz CT molecular complexity index is 859. The zero-order chi connectivity index (χ0) is 15.4. The minimum atomic E-state index is -0.405. The molecule has 2 aromatic carbocycles. The van der Waals surface area contributed by atoms with Gasteiger partial charge in [0.25, 0.3) is 5.91 Å². The van der Waals surface area contributed by atoms with Gasteiger partial charge in [-0.05, 0) is 24.3 Å². The number of aromatic hydroxyl groups is 1. The number of carbonyl (C=O) groups excluding carboxylic acids is 1. The zero-order valence-electron chi connectivity index (χ0n) is 11.6. The zero-order valence-corrected chi connectivity index (χ0v) is 11.6. The molecule has 1 amide bonds. The Morgan fingerprint density at radius 1 is 1.05 bits per heavy atom. The molecule has 0 aliphatic heterocycles. The van der Waals surface area contributed by atoms with E-state index < -0.39 is 5.91 Å². The van der Waals surface area contributed by atoms with Crippen LogP contribution in [-0.2, 0) is 0 Å². The van der Waals surface area contributed by atoms with Crippen LogP contribution in [0, 0.1) is 0 Å². The van der Waals surface area contributed by atoms with Crippen molar-refractivity contribution in [2.75, 3.05) is 0 Å². The number of rotatable bonds is 3. The molecule has 0 saturated carbocycles. The Balaban J connectivity index is 1.74. The summed E-state index contributed by atoms with van der Waals surface area (Å²) < 4.78 is 0. The summed E-state index contributed by atoms with van der Waals surface area (Å²) in [5, 5.41) is 14.4.